The number of amides is 1. The van der Waals surface area contributed by atoms with E-state index in [4.69, 9.17) is 0 Å². The average Bonchev–Trinajstić information content (AvgIpc) is 2.17. The van der Waals surface area contributed by atoms with E-state index >= 15 is 0 Å². The number of H-pyrrole nitrogens is 1. The van der Waals surface area contributed by atoms with Crippen LogP contribution in [0.4, 0.5) is 0 Å². The predicted molar refractivity (Wildman–Crippen MR) is 62.5 cm³/mol. The summed E-state index contributed by atoms with van der Waals surface area (Å²) in [7, 11) is 0. The summed E-state index contributed by atoms with van der Waals surface area (Å²) >= 11 is 1.64. The van der Waals surface area contributed by atoms with Gasteiger partial charge in [0, 0.05) is 30.3 Å². The molecule has 4 nitrogen and oxygen atoms in total. The van der Waals surface area contributed by atoms with Gasteiger partial charge in [0.2, 0.25) is 0 Å². The number of aryl methyl sites for hydroxylation is 1. The number of nitrogens with one attached hydrogen (secondary N) is 2. The summed E-state index contributed by atoms with van der Waals surface area (Å²) < 4.78 is 0. The Kier molecular flexibility index (Phi) is 4.42. The van der Waals surface area contributed by atoms with Crippen molar-refractivity contribution in [1.82, 2.24) is 10.3 Å². The maximum Gasteiger partial charge on any atom is 0.256 e. The van der Waals surface area contributed by atoms with Gasteiger partial charge in [0.15, 0.2) is 5.43 Å². The molecule has 0 fully saturated rings. The van der Waals surface area contributed by atoms with Gasteiger partial charge in [-0.15, -0.1) is 0 Å². The molecule has 0 saturated heterocycles. The van der Waals surface area contributed by atoms with Crippen molar-refractivity contribution in [3.8, 4) is 0 Å². The lowest BCUT2D eigenvalue weighted by atomic mass is 10.2. The van der Waals surface area contributed by atoms with Crippen LogP contribution >= 0.6 is 11.8 Å². The van der Waals surface area contributed by atoms with Crippen LogP contribution in [0.1, 0.15) is 16.1 Å². The number of hydrogen-bond donors (Lipinski definition) is 2. The number of carbonyl (C=O) groups excluding carboxylic acids is 1. The topological polar surface area (TPSA) is 62.0 Å². The van der Waals surface area contributed by atoms with E-state index in [1.807, 2.05) is 6.26 Å². The van der Waals surface area contributed by atoms with Crippen molar-refractivity contribution in [3.05, 3.63) is 33.7 Å². The summed E-state index contributed by atoms with van der Waals surface area (Å²) in [6, 6.07) is 1.42. The molecule has 0 spiro atoms. The van der Waals surface area contributed by atoms with Crippen molar-refractivity contribution < 1.29 is 4.79 Å². The molecule has 1 heterocycles. The quantitative estimate of drug-likeness (QED) is 0.746. The Balaban J connectivity index is 2.70. The van der Waals surface area contributed by atoms with Crippen LogP contribution in [0, 0.1) is 6.92 Å². The van der Waals surface area contributed by atoms with E-state index in [1.165, 1.54) is 12.3 Å². The second kappa shape index (κ2) is 5.60. The molecule has 2 N–H and O–H groups in total. The molecule has 82 valence electrons. The van der Waals surface area contributed by atoms with Gasteiger partial charge in [0.25, 0.3) is 5.91 Å². The van der Waals surface area contributed by atoms with Gasteiger partial charge in [0.1, 0.15) is 5.56 Å². The summed E-state index contributed by atoms with van der Waals surface area (Å²) in [6.45, 7) is 2.35. The number of hydrogen-bond acceptors (Lipinski definition) is 3. The van der Waals surface area contributed by atoms with Gasteiger partial charge in [-0.2, -0.15) is 11.8 Å². The van der Waals surface area contributed by atoms with E-state index in [0.717, 1.165) is 11.4 Å². The first-order valence-electron chi connectivity index (χ1n) is 4.61. The Morgan fingerprint density at radius 3 is 2.93 bits per heavy atom. The highest BCUT2D eigenvalue weighted by molar-refractivity contribution is 7.98. The zero-order valence-corrected chi connectivity index (χ0v) is 9.61. The highest BCUT2D eigenvalue weighted by Crippen LogP contribution is 1.93. The summed E-state index contributed by atoms with van der Waals surface area (Å²) in [5, 5.41) is 2.68. The molecule has 0 saturated carbocycles. The Morgan fingerprint density at radius 1 is 1.60 bits per heavy atom. The van der Waals surface area contributed by atoms with Crippen molar-refractivity contribution in [1.29, 1.82) is 0 Å². The minimum Gasteiger partial charge on any atom is -0.364 e. The average molecular weight is 226 g/mol. The molecule has 0 aromatic carbocycles. The molecule has 0 aliphatic heterocycles. The first-order chi connectivity index (χ1) is 7.15. The lowest BCUT2D eigenvalue weighted by Crippen LogP contribution is -2.30. The maximum absolute atomic E-state index is 11.5. The second-order valence-corrected chi connectivity index (χ2v) is 4.13. The third kappa shape index (κ3) is 3.43. The predicted octanol–water partition coefficient (Wildman–Crippen LogP) is 0.776. The van der Waals surface area contributed by atoms with Gasteiger partial charge in [-0.05, 0) is 13.2 Å². The lowest BCUT2D eigenvalue weighted by molar-refractivity contribution is 0.0955. The molecule has 1 aromatic heterocycles. The van der Waals surface area contributed by atoms with Gasteiger partial charge in [-0.1, -0.05) is 0 Å². The molecule has 0 unspecified atom stereocenters. The normalized spacial score (nSPS) is 10.0. The second-order valence-electron chi connectivity index (χ2n) is 3.14. The molecular formula is C10H14N2O2S. The standard InChI is InChI=1S/C10H14N2O2S/c1-7-5-9(13)8(6-12-7)10(14)11-3-4-15-2/h5-6H,3-4H2,1-2H3,(H,11,14)(H,12,13). The van der Waals surface area contributed by atoms with Crippen LogP contribution in [0.5, 0.6) is 0 Å². The molecular weight excluding hydrogens is 212 g/mol. The molecule has 0 bridgehead atoms. The zero-order chi connectivity index (χ0) is 11.3. The van der Waals surface area contributed by atoms with Crippen LogP contribution in [0.3, 0.4) is 0 Å². The summed E-state index contributed by atoms with van der Waals surface area (Å²) in [5.41, 5.74) is 0.676. The van der Waals surface area contributed by atoms with Gasteiger partial charge in [-0.25, -0.2) is 0 Å². The van der Waals surface area contributed by atoms with Gasteiger partial charge in [-0.3, -0.25) is 9.59 Å². The van der Waals surface area contributed by atoms with Crippen LogP contribution < -0.4 is 10.7 Å². The minimum atomic E-state index is -0.315. The van der Waals surface area contributed by atoms with Gasteiger partial charge in [0.05, 0.1) is 0 Å². The first kappa shape index (κ1) is 11.8. The highest BCUT2D eigenvalue weighted by atomic mass is 32.2. The van der Waals surface area contributed by atoms with Crippen molar-refractivity contribution in [2.75, 3.05) is 18.6 Å². The van der Waals surface area contributed by atoms with Crippen molar-refractivity contribution in [3.63, 3.8) is 0 Å². The number of carbonyl (C=O) groups is 1. The van der Waals surface area contributed by atoms with Crippen molar-refractivity contribution in [2.24, 2.45) is 0 Å². The highest BCUT2D eigenvalue weighted by Gasteiger charge is 2.08. The van der Waals surface area contributed by atoms with E-state index in [0.29, 0.717) is 6.54 Å². The van der Waals surface area contributed by atoms with E-state index in [2.05, 4.69) is 10.3 Å². The Hall–Kier alpha value is -1.23. The molecule has 1 aromatic rings. The van der Waals surface area contributed by atoms with E-state index in [-0.39, 0.29) is 16.9 Å². The maximum atomic E-state index is 11.5. The number of rotatable bonds is 4. The van der Waals surface area contributed by atoms with Crippen LogP contribution in [-0.2, 0) is 0 Å². The fraction of sp³-hybridized carbons (Fsp3) is 0.400. The first-order valence-corrected chi connectivity index (χ1v) is 6.01. The summed E-state index contributed by atoms with van der Waals surface area (Å²) in [4.78, 5) is 25.8. The SMILES string of the molecule is CSCCNC(=O)c1c[nH]c(C)cc1=O. The number of pyridine rings is 1. The fourth-order valence-corrected chi connectivity index (χ4v) is 1.42. The molecule has 0 aliphatic carbocycles. The van der Waals surface area contributed by atoms with Crippen LogP contribution in [0.15, 0.2) is 17.1 Å². The van der Waals surface area contributed by atoms with Crippen LogP contribution in [0.2, 0.25) is 0 Å². The van der Waals surface area contributed by atoms with E-state index < -0.39 is 0 Å². The smallest absolute Gasteiger partial charge is 0.256 e. The molecule has 0 aliphatic rings. The number of thioether (sulfide) groups is 1. The van der Waals surface area contributed by atoms with Crippen molar-refractivity contribution >= 4 is 17.7 Å². The molecule has 1 rings (SSSR count). The van der Waals surface area contributed by atoms with Gasteiger partial charge >= 0.3 is 0 Å². The Morgan fingerprint density at radius 2 is 2.33 bits per heavy atom. The molecule has 5 heteroatoms. The van der Waals surface area contributed by atoms with E-state index in [9.17, 15) is 9.59 Å². The third-order valence-electron chi connectivity index (χ3n) is 1.89. The summed E-state index contributed by atoms with van der Waals surface area (Å²) in [6.07, 6.45) is 3.41. The van der Waals surface area contributed by atoms with Crippen LogP contribution in [0.25, 0.3) is 0 Å². The van der Waals surface area contributed by atoms with Crippen molar-refractivity contribution in [2.45, 2.75) is 6.92 Å². The fourth-order valence-electron chi connectivity index (χ4n) is 1.11. The zero-order valence-electron chi connectivity index (χ0n) is 8.79. The minimum absolute atomic E-state index is 0.168. The lowest BCUT2D eigenvalue weighted by Gasteiger charge is -2.03. The number of aromatic nitrogens is 1. The Bertz CT molecular complexity index is 401. The van der Waals surface area contributed by atoms with E-state index in [1.54, 1.807) is 18.7 Å². The monoisotopic (exact) mass is 226 g/mol. The van der Waals surface area contributed by atoms with Crippen LogP contribution in [-0.4, -0.2) is 29.4 Å². The Labute approximate surface area is 92.5 Å². The summed E-state index contributed by atoms with van der Waals surface area (Å²) in [5.74, 6) is 0.528. The number of aromatic amines is 1. The molecule has 15 heavy (non-hydrogen) atoms. The third-order valence-corrected chi connectivity index (χ3v) is 2.51. The van der Waals surface area contributed by atoms with Gasteiger partial charge < -0.3 is 10.3 Å². The largest absolute Gasteiger partial charge is 0.364 e. The molecule has 0 atom stereocenters. The molecule has 0 radical (unpaired) electrons. The molecule has 1 amide bonds.